The van der Waals surface area contributed by atoms with Gasteiger partial charge in [0.2, 0.25) is 0 Å². The van der Waals surface area contributed by atoms with Crippen molar-refractivity contribution in [2.75, 3.05) is 6.54 Å². The summed E-state index contributed by atoms with van der Waals surface area (Å²) in [5.74, 6) is 0. The van der Waals surface area contributed by atoms with E-state index in [9.17, 15) is 5.26 Å². The van der Waals surface area contributed by atoms with E-state index in [1.54, 1.807) is 0 Å². The molecule has 0 spiro atoms. The van der Waals surface area contributed by atoms with Crippen LogP contribution in [0.25, 0.3) is 0 Å². The summed E-state index contributed by atoms with van der Waals surface area (Å²) in [6.07, 6.45) is 1.07. The van der Waals surface area contributed by atoms with E-state index in [4.69, 9.17) is 0 Å². The van der Waals surface area contributed by atoms with Gasteiger partial charge in [-0.25, -0.2) is 0 Å². The van der Waals surface area contributed by atoms with Crippen molar-refractivity contribution in [1.29, 1.82) is 5.26 Å². The van der Waals surface area contributed by atoms with E-state index in [-0.39, 0.29) is 17.0 Å². The molecule has 2 atom stereocenters. The second kappa shape index (κ2) is 4.07. The van der Waals surface area contributed by atoms with Crippen LogP contribution in [-0.2, 0) is 0 Å². The van der Waals surface area contributed by atoms with Crippen LogP contribution < -0.4 is 0 Å². The van der Waals surface area contributed by atoms with E-state index < -0.39 is 0 Å². The zero-order valence-corrected chi connectivity index (χ0v) is 11.9. The van der Waals surface area contributed by atoms with Gasteiger partial charge in [-0.05, 0) is 32.6 Å². The lowest BCUT2D eigenvalue weighted by molar-refractivity contribution is 0.0104. The number of hydrogen-bond donors (Lipinski definition) is 0. The van der Waals surface area contributed by atoms with Crippen molar-refractivity contribution >= 4 is 15.9 Å². The van der Waals surface area contributed by atoms with Gasteiger partial charge in [0.1, 0.15) is 6.04 Å². The van der Waals surface area contributed by atoms with E-state index >= 15 is 0 Å². The Morgan fingerprint density at radius 1 is 1.40 bits per heavy atom. The highest BCUT2D eigenvalue weighted by Gasteiger charge is 2.44. The highest BCUT2D eigenvalue weighted by atomic mass is 79.9. The Balaban J connectivity index is 3.00. The van der Waals surface area contributed by atoms with Crippen molar-refractivity contribution in [3.63, 3.8) is 0 Å². The Morgan fingerprint density at radius 3 is 2.33 bits per heavy atom. The third kappa shape index (κ3) is 2.73. The van der Waals surface area contributed by atoms with Gasteiger partial charge in [-0.3, -0.25) is 4.90 Å². The van der Waals surface area contributed by atoms with Gasteiger partial charge in [0.15, 0.2) is 0 Å². The molecule has 0 aromatic heterocycles. The molecule has 0 N–H and O–H groups in total. The molecule has 3 heteroatoms. The molecule has 1 fully saturated rings. The highest BCUT2D eigenvalue weighted by molar-refractivity contribution is 9.09. The smallest absolute Gasteiger partial charge is 0.103 e. The molecule has 0 bridgehead atoms. The number of alkyl halides is 1. The number of nitriles is 1. The van der Waals surface area contributed by atoms with Crippen molar-refractivity contribution in [2.45, 2.75) is 57.4 Å². The molecule has 1 rings (SSSR count). The first-order valence-electron chi connectivity index (χ1n) is 5.49. The van der Waals surface area contributed by atoms with Gasteiger partial charge in [0, 0.05) is 16.9 Å². The fourth-order valence-electron chi connectivity index (χ4n) is 2.39. The van der Waals surface area contributed by atoms with Crippen molar-refractivity contribution in [1.82, 2.24) is 4.90 Å². The molecular formula is C12H21BrN2. The van der Waals surface area contributed by atoms with Gasteiger partial charge in [0.05, 0.1) is 6.07 Å². The lowest BCUT2D eigenvalue weighted by atomic mass is 9.75. The summed E-state index contributed by atoms with van der Waals surface area (Å²) < 4.78 is 0. The van der Waals surface area contributed by atoms with Crippen molar-refractivity contribution in [3.05, 3.63) is 0 Å². The molecule has 0 unspecified atom stereocenters. The fraction of sp³-hybridized carbons (Fsp3) is 0.917. The molecule has 1 saturated heterocycles. The molecule has 86 valence electrons. The summed E-state index contributed by atoms with van der Waals surface area (Å²) in [5.41, 5.74) is 0.124. The largest absolute Gasteiger partial charge is 0.282 e. The maximum Gasteiger partial charge on any atom is 0.103 e. The van der Waals surface area contributed by atoms with E-state index in [1.807, 2.05) is 0 Å². The minimum Gasteiger partial charge on any atom is -0.282 e. The van der Waals surface area contributed by atoms with Gasteiger partial charge in [-0.15, -0.1) is 0 Å². The average molecular weight is 273 g/mol. The first-order chi connectivity index (χ1) is 6.68. The summed E-state index contributed by atoms with van der Waals surface area (Å²) in [6.45, 7) is 11.9. The summed E-state index contributed by atoms with van der Waals surface area (Å²) >= 11 is 3.70. The Hall–Kier alpha value is -0.0700. The molecule has 1 heterocycles. The molecule has 0 aliphatic carbocycles. The maximum atomic E-state index is 9.34. The first kappa shape index (κ1) is 13.0. The van der Waals surface area contributed by atoms with Crippen LogP contribution >= 0.6 is 15.9 Å². The van der Waals surface area contributed by atoms with Crippen LogP contribution in [0.5, 0.6) is 0 Å². The minimum absolute atomic E-state index is 0.0197. The number of likely N-dealkylation sites (tertiary alicyclic amines) is 1. The van der Waals surface area contributed by atoms with Crippen LogP contribution in [0.3, 0.4) is 0 Å². The number of nitrogens with zero attached hydrogens (tertiary/aromatic N) is 2. The van der Waals surface area contributed by atoms with Crippen LogP contribution in [0.15, 0.2) is 0 Å². The van der Waals surface area contributed by atoms with Gasteiger partial charge < -0.3 is 0 Å². The van der Waals surface area contributed by atoms with Gasteiger partial charge in [-0.2, -0.15) is 5.26 Å². The van der Waals surface area contributed by atoms with Crippen LogP contribution in [-0.4, -0.2) is 27.9 Å². The van der Waals surface area contributed by atoms with E-state index in [1.165, 1.54) is 0 Å². The Morgan fingerprint density at radius 2 is 1.93 bits per heavy atom. The molecule has 1 aliphatic rings. The quantitative estimate of drug-likeness (QED) is 0.634. The van der Waals surface area contributed by atoms with Crippen molar-refractivity contribution in [3.8, 4) is 6.07 Å². The minimum atomic E-state index is 0.0197. The molecule has 1 aliphatic heterocycles. The highest BCUT2D eigenvalue weighted by Crippen LogP contribution is 2.40. The second-order valence-electron chi connectivity index (χ2n) is 6.14. The molecule has 2 nitrogen and oxygen atoms in total. The lowest BCUT2D eigenvalue weighted by Gasteiger charge is -2.50. The summed E-state index contributed by atoms with van der Waals surface area (Å²) in [5, 5.41) is 9.34. The van der Waals surface area contributed by atoms with E-state index in [2.05, 4.69) is 61.5 Å². The normalized spacial score (nSPS) is 32.3. The maximum absolute atomic E-state index is 9.34. The second-order valence-corrected chi connectivity index (χ2v) is 7.44. The van der Waals surface area contributed by atoms with Crippen LogP contribution in [0.4, 0.5) is 0 Å². The van der Waals surface area contributed by atoms with Crippen LogP contribution in [0, 0.1) is 16.7 Å². The van der Waals surface area contributed by atoms with Crippen molar-refractivity contribution in [2.24, 2.45) is 5.41 Å². The third-order valence-corrected chi connectivity index (χ3v) is 3.79. The van der Waals surface area contributed by atoms with Gasteiger partial charge >= 0.3 is 0 Å². The Labute approximate surface area is 102 Å². The molecule has 0 amide bonds. The van der Waals surface area contributed by atoms with Crippen molar-refractivity contribution < 1.29 is 0 Å². The molecule has 0 saturated carbocycles. The standard InChI is InChI=1S/C12H21BrN2/c1-11(2,3)15-8-9(13)6-12(4,5)10(15)7-14/h9-10H,6,8H2,1-5H3/t9-,10-/m0/s1. The molecule has 0 aromatic carbocycles. The van der Waals surface area contributed by atoms with E-state index in [0.717, 1.165) is 13.0 Å². The fourth-order valence-corrected chi connectivity index (χ4v) is 3.54. The zero-order chi connectivity index (χ0) is 11.9. The molecular weight excluding hydrogens is 252 g/mol. The predicted molar refractivity (Wildman–Crippen MR) is 67.0 cm³/mol. The number of piperidine rings is 1. The average Bonchev–Trinajstić information content (AvgIpc) is 1.99. The third-order valence-electron chi connectivity index (χ3n) is 3.18. The molecule has 0 aromatic rings. The zero-order valence-electron chi connectivity index (χ0n) is 10.3. The Kier molecular flexibility index (Phi) is 3.52. The monoisotopic (exact) mass is 272 g/mol. The Bertz CT molecular complexity index is 272. The van der Waals surface area contributed by atoms with Crippen LogP contribution in [0.2, 0.25) is 0 Å². The lowest BCUT2D eigenvalue weighted by Crippen LogP contribution is -2.59. The van der Waals surface area contributed by atoms with Gasteiger partial charge in [-0.1, -0.05) is 29.8 Å². The first-order valence-corrected chi connectivity index (χ1v) is 6.40. The van der Waals surface area contributed by atoms with Gasteiger partial charge in [0.25, 0.3) is 0 Å². The number of halogens is 1. The van der Waals surface area contributed by atoms with Crippen LogP contribution in [0.1, 0.15) is 41.0 Å². The summed E-state index contributed by atoms with van der Waals surface area (Å²) in [7, 11) is 0. The summed E-state index contributed by atoms with van der Waals surface area (Å²) in [4.78, 5) is 2.81. The number of rotatable bonds is 0. The number of hydrogen-bond acceptors (Lipinski definition) is 2. The molecule has 0 radical (unpaired) electrons. The molecule has 15 heavy (non-hydrogen) atoms. The topological polar surface area (TPSA) is 27.0 Å². The summed E-state index contributed by atoms with van der Waals surface area (Å²) in [6, 6.07) is 2.50. The predicted octanol–water partition coefficient (Wildman–Crippen LogP) is 3.17. The van der Waals surface area contributed by atoms with E-state index in [0.29, 0.717) is 4.83 Å². The SMILES string of the molecule is CC1(C)C[C@H](Br)CN(C(C)(C)C)[C@H]1C#N.